The molecule has 2 atom stereocenters. The third kappa shape index (κ3) is 1.97. The predicted octanol–water partition coefficient (Wildman–Crippen LogP) is 1.23. The highest BCUT2D eigenvalue weighted by atomic mass is 16.5. The van der Waals surface area contributed by atoms with E-state index in [1.807, 2.05) is 0 Å². The van der Waals surface area contributed by atoms with Gasteiger partial charge in [0.15, 0.2) is 11.9 Å². The van der Waals surface area contributed by atoms with E-state index >= 15 is 0 Å². The van der Waals surface area contributed by atoms with E-state index in [2.05, 4.69) is 6.58 Å². The van der Waals surface area contributed by atoms with E-state index < -0.39 is 12.2 Å². The highest BCUT2D eigenvalue weighted by molar-refractivity contribution is 5.94. The van der Waals surface area contributed by atoms with E-state index in [1.165, 1.54) is 6.92 Å². The van der Waals surface area contributed by atoms with Gasteiger partial charge >= 0.3 is 0 Å². The number of ether oxygens (including phenoxy) is 1. The first-order valence-electron chi connectivity index (χ1n) is 5.32. The van der Waals surface area contributed by atoms with Crippen LogP contribution in [0.25, 0.3) is 0 Å². The zero-order valence-corrected chi connectivity index (χ0v) is 9.51. The third-order valence-electron chi connectivity index (χ3n) is 2.88. The molecular formula is C13H14O4. The Morgan fingerprint density at radius 1 is 1.53 bits per heavy atom. The second-order valence-corrected chi connectivity index (χ2v) is 4.11. The van der Waals surface area contributed by atoms with Crippen molar-refractivity contribution in [3.05, 3.63) is 41.5 Å². The Bertz CT molecular complexity index is 478. The van der Waals surface area contributed by atoms with Crippen molar-refractivity contribution in [1.29, 1.82) is 0 Å². The van der Waals surface area contributed by atoms with Gasteiger partial charge in [0.25, 0.3) is 0 Å². The molecule has 0 saturated heterocycles. The average molecular weight is 234 g/mol. The molecular weight excluding hydrogens is 220 g/mol. The molecule has 0 aliphatic carbocycles. The lowest BCUT2D eigenvalue weighted by Gasteiger charge is -2.15. The molecule has 4 nitrogen and oxygen atoms in total. The Kier molecular flexibility index (Phi) is 3.00. The standard InChI is InChI=1S/C13H14O4/c1-7(6-14)13-12(16)10-5-9(8(2)15)3-4-11(10)17-13/h3-5,12-14,16H,1,6H2,2H3. The van der Waals surface area contributed by atoms with Crippen LogP contribution in [0.5, 0.6) is 5.75 Å². The summed E-state index contributed by atoms with van der Waals surface area (Å²) >= 11 is 0. The molecule has 0 bridgehead atoms. The molecule has 0 spiro atoms. The fourth-order valence-corrected chi connectivity index (χ4v) is 1.87. The fourth-order valence-electron chi connectivity index (χ4n) is 1.87. The molecule has 2 N–H and O–H groups in total. The number of rotatable bonds is 3. The molecule has 0 saturated carbocycles. The molecule has 90 valence electrons. The first-order valence-corrected chi connectivity index (χ1v) is 5.32. The minimum atomic E-state index is -0.885. The van der Waals surface area contributed by atoms with Gasteiger partial charge in [0.05, 0.1) is 6.61 Å². The lowest BCUT2D eigenvalue weighted by atomic mass is 9.99. The Morgan fingerprint density at radius 2 is 2.24 bits per heavy atom. The summed E-state index contributed by atoms with van der Waals surface area (Å²) in [6.45, 7) is 4.87. The van der Waals surface area contributed by atoms with Crippen LogP contribution < -0.4 is 4.74 Å². The maximum absolute atomic E-state index is 11.2. The average Bonchev–Trinajstić information content (AvgIpc) is 2.65. The predicted molar refractivity (Wildman–Crippen MR) is 62.0 cm³/mol. The lowest BCUT2D eigenvalue weighted by Crippen LogP contribution is -2.22. The maximum atomic E-state index is 11.2. The monoisotopic (exact) mass is 234 g/mol. The summed E-state index contributed by atoms with van der Waals surface area (Å²) < 4.78 is 5.49. The number of carbonyl (C=O) groups excluding carboxylic acids is 1. The molecule has 0 fully saturated rings. The van der Waals surface area contributed by atoms with Crippen molar-refractivity contribution >= 4 is 5.78 Å². The topological polar surface area (TPSA) is 66.8 Å². The van der Waals surface area contributed by atoms with Gasteiger partial charge in [-0.3, -0.25) is 4.79 Å². The van der Waals surface area contributed by atoms with Crippen LogP contribution >= 0.6 is 0 Å². The number of carbonyl (C=O) groups is 1. The van der Waals surface area contributed by atoms with Gasteiger partial charge < -0.3 is 14.9 Å². The molecule has 1 heterocycles. The summed E-state index contributed by atoms with van der Waals surface area (Å²) in [6, 6.07) is 4.92. The van der Waals surface area contributed by atoms with Crippen LogP contribution in [0.15, 0.2) is 30.4 Å². The van der Waals surface area contributed by atoms with Gasteiger partial charge in [-0.1, -0.05) is 6.58 Å². The van der Waals surface area contributed by atoms with Gasteiger partial charge in [0.1, 0.15) is 11.9 Å². The third-order valence-corrected chi connectivity index (χ3v) is 2.88. The van der Waals surface area contributed by atoms with Gasteiger partial charge in [0, 0.05) is 11.1 Å². The zero-order chi connectivity index (χ0) is 12.6. The number of aliphatic hydroxyl groups is 2. The zero-order valence-electron chi connectivity index (χ0n) is 9.51. The van der Waals surface area contributed by atoms with Crippen molar-refractivity contribution in [2.24, 2.45) is 0 Å². The highest BCUT2D eigenvalue weighted by Crippen LogP contribution is 2.39. The molecule has 17 heavy (non-hydrogen) atoms. The molecule has 1 aromatic carbocycles. The Morgan fingerprint density at radius 3 is 2.82 bits per heavy atom. The van der Waals surface area contributed by atoms with E-state index in [0.29, 0.717) is 22.4 Å². The summed E-state index contributed by atoms with van der Waals surface area (Å²) in [5, 5.41) is 19.0. The van der Waals surface area contributed by atoms with E-state index in [9.17, 15) is 9.90 Å². The Balaban J connectivity index is 2.35. The van der Waals surface area contributed by atoms with Crippen molar-refractivity contribution in [3.8, 4) is 5.75 Å². The van der Waals surface area contributed by atoms with Gasteiger partial charge in [-0.05, 0) is 30.7 Å². The number of hydrogen-bond donors (Lipinski definition) is 2. The van der Waals surface area contributed by atoms with E-state index in [1.54, 1.807) is 18.2 Å². The Hall–Kier alpha value is -1.65. The number of ketones is 1. The molecule has 1 aliphatic heterocycles. The summed E-state index contributed by atoms with van der Waals surface area (Å²) in [6.07, 6.45) is -1.53. The molecule has 0 amide bonds. The van der Waals surface area contributed by atoms with Crippen molar-refractivity contribution in [2.45, 2.75) is 19.1 Å². The number of aliphatic hydroxyl groups excluding tert-OH is 2. The fraction of sp³-hybridized carbons (Fsp3) is 0.308. The Labute approximate surface area is 99.2 Å². The summed E-state index contributed by atoms with van der Waals surface area (Å²) in [5.74, 6) is 0.464. The second kappa shape index (κ2) is 4.31. The number of hydrogen-bond acceptors (Lipinski definition) is 4. The van der Waals surface area contributed by atoms with Crippen molar-refractivity contribution in [1.82, 2.24) is 0 Å². The van der Waals surface area contributed by atoms with Gasteiger partial charge in [-0.25, -0.2) is 0 Å². The van der Waals surface area contributed by atoms with Crippen LogP contribution in [0.2, 0.25) is 0 Å². The van der Waals surface area contributed by atoms with Crippen LogP contribution in [0.4, 0.5) is 0 Å². The molecule has 4 heteroatoms. The molecule has 0 aromatic heterocycles. The highest BCUT2D eigenvalue weighted by Gasteiger charge is 2.34. The van der Waals surface area contributed by atoms with Gasteiger partial charge in [0.2, 0.25) is 0 Å². The molecule has 2 unspecified atom stereocenters. The van der Waals surface area contributed by atoms with Crippen LogP contribution in [-0.2, 0) is 0 Å². The molecule has 0 radical (unpaired) electrons. The maximum Gasteiger partial charge on any atom is 0.159 e. The quantitative estimate of drug-likeness (QED) is 0.610. The SMILES string of the molecule is C=C(CO)C1Oc2ccc(C(C)=O)cc2C1O. The van der Waals surface area contributed by atoms with Crippen LogP contribution in [0.3, 0.4) is 0 Å². The molecule has 1 aromatic rings. The first kappa shape index (κ1) is 11.8. The van der Waals surface area contributed by atoms with Gasteiger partial charge in [-0.15, -0.1) is 0 Å². The summed E-state index contributed by atoms with van der Waals surface area (Å²) in [5.41, 5.74) is 1.51. The van der Waals surface area contributed by atoms with E-state index in [-0.39, 0.29) is 12.4 Å². The number of fused-ring (bicyclic) bond motifs is 1. The largest absolute Gasteiger partial charge is 0.483 e. The first-order chi connectivity index (χ1) is 8.04. The van der Waals surface area contributed by atoms with Crippen molar-refractivity contribution < 1.29 is 19.7 Å². The van der Waals surface area contributed by atoms with Crippen LogP contribution in [0.1, 0.15) is 28.9 Å². The number of benzene rings is 1. The lowest BCUT2D eigenvalue weighted by molar-refractivity contribution is 0.0825. The molecule has 2 rings (SSSR count). The van der Waals surface area contributed by atoms with Crippen LogP contribution in [0, 0.1) is 0 Å². The number of Topliss-reactive ketones (excluding diaryl/α,β-unsaturated/α-hetero) is 1. The smallest absolute Gasteiger partial charge is 0.159 e. The van der Waals surface area contributed by atoms with E-state index in [0.717, 1.165) is 0 Å². The summed E-state index contributed by atoms with van der Waals surface area (Å²) in [7, 11) is 0. The van der Waals surface area contributed by atoms with E-state index in [4.69, 9.17) is 9.84 Å². The molecule has 1 aliphatic rings. The van der Waals surface area contributed by atoms with Crippen molar-refractivity contribution in [3.63, 3.8) is 0 Å². The van der Waals surface area contributed by atoms with Gasteiger partial charge in [-0.2, -0.15) is 0 Å². The second-order valence-electron chi connectivity index (χ2n) is 4.11. The minimum absolute atomic E-state index is 0.0653. The van der Waals surface area contributed by atoms with Crippen molar-refractivity contribution in [2.75, 3.05) is 6.61 Å². The summed E-state index contributed by atoms with van der Waals surface area (Å²) in [4.78, 5) is 11.2. The normalized spacial score (nSPS) is 21.8. The van der Waals surface area contributed by atoms with Crippen LogP contribution in [-0.4, -0.2) is 28.7 Å². The minimum Gasteiger partial charge on any atom is -0.483 e.